The second kappa shape index (κ2) is 5.00. The predicted octanol–water partition coefficient (Wildman–Crippen LogP) is 1.26. The largest absolute Gasteiger partial charge is 0.375 e. The van der Waals surface area contributed by atoms with Gasteiger partial charge in [-0.1, -0.05) is 6.92 Å². The van der Waals surface area contributed by atoms with Crippen molar-refractivity contribution in [1.29, 1.82) is 0 Å². The Morgan fingerprint density at radius 1 is 1.41 bits per heavy atom. The smallest absolute Gasteiger partial charge is 0.139 e. The van der Waals surface area contributed by atoms with Crippen LogP contribution in [-0.2, 0) is 4.74 Å². The van der Waals surface area contributed by atoms with Gasteiger partial charge in [0.15, 0.2) is 0 Å². The summed E-state index contributed by atoms with van der Waals surface area (Å²) in [5.41, 5.74) is 0.615. The number of rotatable bonds is 2. The molecule has 3 unspecified atom stereocenters. The van der Waals surface area contributed by atoms with E-state index in [0.29, 0.717) is 5.41 Å². The van der Waals surface area contributed by atoms with E-state index in [1.807, 2.05) is 0 Å². The van der Waals surface area contributed by atoms with Crippen molar-refractivity contribution in [2.24, 2.45) is 5.41 Å². The Labute approximate surface area is 106 Å². The Balaban J connectivity index is 2.05. The van der Waals surface area contributed by atoms with Gasteiger partial charge in [-0.25, -0.2) is 0 Å². The standard InChI is InChI=1S/C15H25NO/c1-4-9-16-10-6-7-15(13-16)8-11-17-14(3,5-2)12-15/h1H,5-13H2,2-3H3/p+1. The summed E-state index contributed by atoms with van der Waals surface area (Å²) in [6.45, 7) is 8.88. The fourth-order valence-electron chi connectivity index (χ4n) is 3.75. The lowest BCUT2D eigenvalue weighted by Gasteiger charge is -2.48. The summed E-state index contributed by atoms with van der Waals surface area (Å²) in [4.78, 5) is 1.61. The van der Waals surface area contributed by atoms with Crippen molar-refractivity contribution in [3.63, 3.8) is 0 Å². The second-order valence-corrected chi connectivity index (χ2v) is 6.24. The van der Waals surface area contributed by atoms with Crippen LogP contribution in [0.4, 0.5) is 0 Å². The maximum Gasteiger partial charge on any atom is 0.139 e. The van der Waals surface area contributed by atoms with Crippen molar-refractivity contribution in [1.82, 2.24) is 0 Å². The molecule has 2 nitrogen and oxygen atoms in total. The molecule has 0 aliphatic carbocycles. The molecule has 96 valence electrons. The van der Waals surface area contributed by atoms with Crippen molar-refractivity contribution >= 4 is 0 Å². The van der Waals surface area contributed by atoms with Gasteiger partial charge in [0.1, 0.15) is 6.54 Å². The Kier molecular flexibility index (Phi) is 3.80. The fourth-order valence-corrected chi connectivity index (χ4v) is 3.75. The number of piperidine rings is 1. The summed E-state index contributed by atoms with van der Waals surface area (Å²) in [7, 11) is 0. The van der Waals surface area contributed by atoms with E-state index in [1.54, 1.807) is 4.90 Å². The van der Waals surface area contributed by atoms with E-state index in [0.717, 1.165) is 19.6 Å². The van der Waals surface area contributed by atoms with Crippen LogP contribution >= 0.6 is 0 Å². The van der Waals surface area contributed by atoms with Gasteiger partial charge in [0.05, 0.1) is 18.7 Å². The molecule has 2 rings (SSSR count). The van der Waals surface area contributed by atoms with Gasteiger partial charge >= 0.3 is 0 Å². The van der Waals surface area contributed by atoms with Gasteiger partial charge in [0, 0.05) is 12.0 Å². The maximum absolute atomic E-state index is 5.99. The third kappa shape index (κ3) is 2.84. The number of hydrogen-bond acceptors (Lipinski definition) is 1. The Morgan fingerprint density at radius 2 is 2.24 bits per heavy atom. The number of ether oxygens (including phenoxy) is 1. The molecular weight excluding hydrogens is 210 g/mol. The first kappa shape index (κ1) is 12.9. The molecule has 0 saturated carbocycles. The molecule has 2 saturated heterocycles. The third-order valence-electron chi connectivity index (χ3n) is 4.79. The molecular formula is C15H26NO+. The number of nitrogens with one attached hydrogen (secondary N) is 1. The molecule has 0 aromatic rings. The fraction of sp³-hybridized carbons (Fsp3) is 0.867. The molecule has 0 radical (unpaired) electrons. The van der Waals surface area contributed by atoms with E-state index in [9.17, 15) is 0 Å². The highest BCUT2D eigenvalue weighted by Gasteiger charge is 2.46. The predicted molar refractivity (Wildman–Crippen MR) is 69.9 cm³/mol. The minimum absolute atomic E-state index is 0.108. The van der Waals surface area contributed by atoms with Crippen molar-refractivity contribution < 1.29 is 9.64 Å². The topological polar surface area (TPSA) is 13.7 Å². The lowest BCUT2D eigenvalue weighted by Crippen LogP contribution is -3.14. The quantitative estimate of drug-likeness (QED) is 0.713. The van der Waals surface area contributed by atoms with E-state index in [4.69, 9.17) is 11.2 Å². The molecule has 0 aromatic carbocycles. The van der Waals surface area contributed by atoms with Crippen molar-refractivity contribution in [3.05, 3.63) is 0 Å². The SMILES string of the molecule is C#CC[NH+]1CCCC2(CCOC(C)(CC)C2)C1. The Morgan fingerprint density at radius 3 is 2.94 bits per heavy atom. The highest BCUT2D eigenvalue weighted by atomic mass is 16.5. The molecule has 0 aromatic heterocycles. The molecule has 2 heterocycles. The Bertz CT molecular complexity index is 305. The summed E-state index contributed by atoms with van der Waals surface area (Å²) in [6.07, 6.45) is 11.8. The summed E-state index contributed by atoms with van der Waals surface area (Å²) in [5.74, 6) is 2.83. The molecule has 1 N–H and O–H groups in total. The first-order valence-electron chi connectivity index (χ1n) is 7.02. The zero-order chi connectivity index (χ0) is 12.4. The molecule has 17 heavy (non-hydrogen) atoms. The van der Waals surface area contributed by atoms with Crippen molar-refractivity contribution in [2.45, 2.75) is 51.6 Å². The van der Waals surface area contributed by atoms with E-state index in [1.165, 1.54) is 38.8 Å². The zero-order valence-corrected chi connectivity index (χ0v) is 11.3. The molecule has 3 atom stereocenters. The van der Waals surface area contributed by atoms with Crippen LogP contribution < -0.4 is 4.90 Å². The molecule has 2 aliphatic rings. The number of hydrogen-bond donors (Lipinski definition) is 1. The van der Waals surface area contributed by atoms with Crippen molar-refractivity contribution in [2.75, 3.05) is 26.2 Å². The zero-order valence-electron chi connectivity index (χ0n) is 11.3. The van der Waals surface area contributed by atoms with Crippen LogP contribution in [-0.4, -0.2) is 31.8 Å². The number of terminal acetylenes is 1. The van der Waals surface area contributed by atoms with E-state index in [-0.39, 0.29) is 5.60 Å². The van der Waals surface area contributed by atoms with Gasteiger partial charge in [0.2, 0.25) is 0 Å². The minimum Gasteiger partial charge on any atom is -0.375 e. The van der Waals surface area contributed by atoms with Gasteiger partial charge in [0.25, 0.3) is 0 Å². The monoisotopic (exact) mass is 236 g/mol. The lowest BCUT2D eigenvalue weighted by atomic mass is 9.68. The third-order valence-corrected chi connectivity index (χ3v) is 4.79. The van der Waals surface area contributed by atoms with Crippen LogP contribution in [0.2, 0.25) is 0 Å². The summed E-state index contributed by atoms with van der Waals surface area (Å²) < 4.78 is 5.99. The van der Waals surface area contributed by atoms with Crippen LogP contribution in [0.1, 0.15) is 46.0 Å². The molecule has 2 heteroatoms. The van der Waals surface area contributed by atoms with Crippen LogP contribution in [0, 0.1) is 17.8 Å². The summed E-state index contributed by atoms with van der Waals surface area (Å²) in [5, 5.41) is 0. The highest BCUT2D eigenvalue weighted by molar-refractivity contribution is 4.93. The van der Waals surface area contributed by atoms with Gasteiger partial charge in [-0.05, 0) is 44.9 Å². The molecule has 1 spiro atoms. The first-order chi connectivity index (χ1) is 8.11. The lowest BCUT2D eigenvalue weighted by molar-refractivity contribution is -0.906. The van der Waals surface area contributed by atoms with Gasteiger partial charge < -0.3 is 9.64 Å². The van der Waals surface area contributed by atoms with Crippen LogP contribution in [0.15, 0.2) is 0 Å². The van der Waals surface area contributed by atoms with Gasteiger partial charge in [-0.3, -0.25) is 0 Å². The minimum atomic E-state index is 0.108. The summed E-state index contributed by atoms with van der Waals surface area (Å²) >= 11 is 0. The van der Waals surface area contributed by atoms with Crippen LogP contribution in [0.5, 0.6) is 0 Å². The summed E-state index contributed by atoms with van der Waals surface area (Å²) in [6, 6.07) is 0. The van der Waals surface area contributed by atoms with Gasteiger partial charge in [-0.2, -0.15) is 0 Å². The maximum atomic E-state index is 5.99. The number of likely N-dealkylation sites (tertiary alicyclic amines) is 1. The Hall–Kier alpha value is -0.520. The van der Waals surface area contributed by atoms with E-state index < -0.39 is 0 Å². The number of quaternary nitrogens is 1. The molecule has 0 bridgehead atoms. The normalized spacial score (nSPS) is 42.3. The second-order valence-electron chi connectivity index (χ2n) is 6.24. The van der Waals surface area contributed by atoms with Crippen LogP contribution in [0.3, 0.4) is 0 Å². The van der Waals surface area contributed by atoms with Crippen molar-refractivity contribution in [3.8, 4) is 12.3 Å². The highest BCUT2D eigenvalue weighted by Crippen LogP contribution is 2.43. The molecule has 2 fully saturated rings. The average Bonchev–Trinajstić information content (AvgIpc) is 2.29. The molecule has 0 amide bonds. The van der Waals surface area contributed by atoms with E-state index >= 15 is 0 Å². The van der Waals surface area contributed by atoms with Gasteiger partial charge in [-0.15, -0.1) is 6.42 Å². The first-order valence-corrected chi connectivity index (χ1v) is 7.02. The average molecular weight is 236 g/mol. The van der Waals surface area contributed by atoms with E-state index in [2.05, 4.69) is 19.8 Å². The molecule has 2 aliphatic heterocycles. The van der Waals surface area contributed by atoms with Crippen LogP contribution in [0.25, 0.3) is 0 Å².